The van der Waals surface area contributed by atoms with E-state index in [1.54, 1.807) is 0 Å². The van der Waals surface area contributed by atoms with Gasteiger partial charge in [-0.05, 0) is 31.2 Å². The van der Waals surface area contributed by atoms with Gasteiger partial charge in [-0.2, -0.15) is 8.42 Å². The zero-order valence-corrected chi connectivity index (χ0v) is 13.7. The van der Waals surface area contributed by atoms with E-state index in [2.05, 4.69) is 6.58 Å². The molecule has 0 saturated carbocycles. The average molecular weight is 354 g/mol. The minimum Gasteiger partial charge on any atom is -0.478 e. The summed E-state index contributed by atoms with van der Waals surface area (Å²) < 4.78 is 37.2. The molecular weight excluding hydrogens is 336 g/mol. The summed E-state index contributed by atoms with van der Waals surface area (Å²) in [7, 11) is -4.67. The zero-order valence-electron chi connectivity index (χ0n) is 12.9. The molecule has 0 unspecified atom stereocenters. The van der Waals surface area contributed by atoms with Crippen molar-refractivity contribution in [3.63, 3.8) is 0 Å². The first kappa shape index (κ1) is 21.3. The Morgan fingerprint density at radius 2 is 1.17 bits per heavy atom. The lowest BCUT2D eigenvalue weighted by atomic mass is 10.3. The molecule has 0 bridgehead atoms. The van der Waals surface area contributed by atoms with E-state index >= 15 is 0 Å². The molecule has 0 aromatic heterocycles. The van der Waals surface area contributed by atoms with Gasteiger partial charge in [0.15, 0.2) is 0 Å². The molecule has 0 aliphatic rings. The van der Waals surface area contributed by atoms with Crippen molar-refractivity contribution in [3.05, 3.63) is 72.8 Å². The Kier molecular flexibility index (Phi) is 9.73. The minimum atomic E-state index is -4.67. The van der Waals surface area contributed by atoms with E-state index in [4.69, 9.17) is 27.4 Å². The second-order valence-corrected chi connectivity index (χ2v) is 5.16. The Hall–Kier alpha value is -2.68. The first-order valence-corrected chi connectivity index (χ1v) is 7.86. The third-order valence-corrected chi connectivity index (χ3v) is 2.09. The zero-order chi connectivity index (χ0) is 18.6. The van der Waals surface area contributed by atoms with Crippen LogP contribution in [-0.4, -0.2) is 28.6 Å². The van der Waals surface area contributed by atoms with Gasteiger partial charge in [-0.15, -0.1) is 0 Å². The van der Waals surface area contributed by atoms with Crippen molar-refractivity contribution in [1.29, 1.82) is 0 Å². The van der Waals surface area contributed by atoms with Crippen LogP contribution >= 0.6 is 0 Å². The summed E-state index contributed by atoms with van der Waals surface area (Å²) in [4.78, 5) is 9.60. The highest BCUT2D eigenvalue weighted by atomic mass is 32.3. The van der Waals surface area contributed by atoms with Crippen LogP contribution in [0.2, 0.25) is 0 Å². The summed E-state index contributed by atoms with van der Waals surface area (Å²) >= 11 is 0. The van der Waals surface area contributed by atoms with Crippen LogP contribution in [0.15, 0.2) is 72.8 Å². The fourth-order valence-electron chi connectivity index (χ4n) is 1.11. The van der Waals surface area contributed by atoms with E-state index in [9.17, 15) is 4.79 Å². The number of rotatable bonds is 3. The quantitative estimate of drug-likeness (QED) is 0.570. The molecule has 0 radical (unpaired) electrons. The second kappa shape index (κ2) is 10.9. The van der Waals surface area contributed by atoms with Crippen LogP contribution in [0.5, 0.6) is 11.5 Å². The lowest BCUT2D eigenvalue weighted by molar-refractivity contribution is -0.132. The Balaban J connectivity index is 0.000000405. The van der Waals surface area contributed by atoms with Gasteiger partial charge < -0.3 is 9.84 Å². The van der Waals surface area contributed by atoms with Crippen LogP contribution in [0.25, 0.3) is 0 Å². The Labute approximate surface area is 140 Å². The van der Waals surface area contributed by atoms with Crippen molar-refractivity contribution >= 4 is 16.4 Å². The third kappa shape index (κ3) is 14.3. The molecule has 0 saturated heterocycles. The topological polar surface area (TPSA) is 121 Å². The van der Waals surface area contributed by atoms with Gasteiger partial charge in [0.05, 0.1) is 0 Å². The smallest absolute Gasteiger partial charge is 0.394 e. The molecule has 7 nitrogen and oxygen atoms in total. The fourth-order valence-corrected chi connectivity index (χ4v) is 1.11. The molecule has 24 heavy (non-hydrogen) atoms. The highest BCUT2D eigenvalue weighted by molar-refractivity contribution is 7.79. The van der Waals surface area contributed by atoms with Crippen LogP contribution in [-0.2, 0) is 15.2 Å². The van der Waals surface area contributed by atoms with Gasteiger partial charge in [-0.1, -0.05) is 43.0 Å². The van der Waals surface area contributed by atoms with Gasteiger partial charge in [0.25, 0.3) is 0 Å². The van der Waals surface area contributed by atoms with Crippen LogP contribution in [0, 0.1) is 0 Å². The summed E-state index contributed by atoms with van der Waals surface area (Å²) in [5.74, 6) is 0.803. The molecule has 2 aromatic carbocycles. The summed E-state index contributed by atoms with van der Waals surface area (Å²) in [5, 5.41) is 7.89. The predicted molar refractivity (Wildman–Crippen MR) is 89.6 cm³/mol. The highest BCUT2D eigenvalue weighted by Crippen LogP contribution is 2.19. The lowest BCUT2D eigenvalue weighted by Crippen LogP contribution is -1.92. The van der Waals surface area contributed by atoms with E-state index in [1.807, 2.05) is 60.7 Å². The molecule has 0 aliphatic carbocycles. The van der Waals surface area contributed by atoms with Gasteiger partial charge in [0.1, 0.15) is 11.5 Å². The average Bonchev–Trinajstić information content (AvgIpc) is 2.48. The van der Waals surface area contributed by atoms with Gasteiger partial charge in [0.2, 0.25) is 0 Å². The summed E-state index contributed by atoms with van der Waals surface area (Å²) in [6.45, 7) is 4.60. The molecule has 0 atom stereocenters. The molecule has 0 spiro atoms. The van der Waals surface area contributed by atoms with Crippen molar-refractivity contribution in [2.75, 3.05) is 0 Å². The number of carboxylic acids is 1. The van der Waals surface area contributed by atoms with Crippen molar-refractivity contribution in [2.45, 2.75) is 6.92 Å². The molecular formula is C16H18O7S. The minimum absolute atomic E-state index is 0.176. The van der Waals surface area contributed by atoms with Gasteiger partial charge >= 0.3 is 16.4 Å². The molecule has 3 N–H and O–H groups in total. The first-order chi connectivity index (χ1) is 11.1. The maximum atomic E-state index is 9.60. The molecule has 0 aliphatic heterocycles. The van der Waals surface area contributed by atoms with Crippen LogP contribution in [0.1, 0.15) is 6.92 Å². The Morgan fingerprint density at radius 3 is 1.38 bits per heavy atom. The first-order valence-electron chi connectivity index (χ1n) is 6.46. The molecule has 2 rings (SSSR count). The summed E-state index contributed by atoms with van der Waals surface area (Å²) in [5.41, 5.74) is 0.176. The number of hydrogen-bond acceptors (Lipinski definition) is 4. The number of aliphatic carboxylic acids is 1. The third-order valence-electron chi connectivity index (χ3n) is 2.09. The van der Waals surface area contributed by atoms with E-state index in [-0.39, 0.29) is 5.57 Å². The lowest BCUT2D eigenvalue weighted by Gasteiger charge is -2.03. The van der Waals surface area contributed by atoms with E-state index in [1.165, 1.54) is 6.92 Å². The summed E-state index contributed by atoms with van der Waals surface area (Å²) in [6.07, 6.45) is 0. The second-order valence-electron chi connectivity index (χ2n) is 4.26. The largest absolute Gasteiger partial charge is 0.478 e. The maximum absolute atomic E-state index is 9.60. The van der Waals surface area contributed by atoms with Gasteiger partial charge in [-0.3, -0.25) is 9.11 Å². The molecule has 130 valence electrons. The maximum Gasteiger partial charge on any atom is 0.394 e. The van der Waals surface area contributed by atoms with Crippen molar-refractivity contribution in [2.24, 2.45) is 0 Å². The normalized spacial score (nSPS) is 9.46. The fraction of sp³-hybridized carbons (Fsp3) is 0.0625. The molecule has 0 heterocycles. The van der Waals surface area contributed by atoms with Crippen LogP contribution < -0.4 is 4.74 Å². The van der Waals surface area contributed by atoms with Crippen molar-refractivity contribution in [3.8, 4) is 11.5 Å². The molecule has 8 heteroatoms. The van der Waals surface area contributed by atoms with E-state index in [0.29, 0.717) is 0 Å². The SMILES string of the molecule is C=C(C)C(=O)O.O=S(=O)(O)O.c1ccc(Oc2ccccc2)cc1. The molecule has 2 aromatic rings. The molecule has 0 fully saturated rings. The highest BCUT2D eigenvalue weighted by Gasteiger charge is 1.92. The number of carboxylic acid groups (broad SMARTS) is 1. The number of hydrogen-bond donors (Lipinski definition) is 3. The number of carbonyl (C=O) groups is 1. The number of benzene rings is 2. The monoisotopic (exact) mass is 354 g/mol. The van der Waals surface area contributed by atoms with Crippen LogP contribution in [0.3, 0.4) is 0 Å². The van der Waals surface area contributed by atoms with Gasteiger partial charge in [0, 0.05) is 5.57 Å². The number of para-hydroxylation sites is 2. The molecule has 0 amide bonds. The number of ether oxygens (including phenoxy) is 1. The standard InChI is InChI=1S/C12H10O.C4H6O2.H2O4S/c1-3-7-11(8-4-1)13-12-9-5-2-6-10-12;1-3(2)4(5)6;1-5(2,3)4/h1-10H;1H2,2H3,(H,5,6);(H2,1,2,3,4). The van der Waals surface area contributed by atoms with E-state index in [0.717, 1.165) is 11.5 Å². The van der Waals surface area contributed by atoms with Crippen LogP contribution in [0.4, 0.5) is 0 Å². The van der Waals surface area contributed by atoms with Crippen molar-refractivity contribution in [1.82, 2.24) is 0 Å². The Morgan fingerprint density at radius 1 is 0.917 bits per heavy atom. The Bertz CT molecular complexity index is 668. The van der Waals surface area contributed by atoms with Crippen molar-refractivity contribution < 1.29 is 32.2 Å². The van der Waals surface area contributed by atoms with E-state index < -0.39 is 16.4 Å². The predicted octanol–water partition coefficient (Wildman–Crippen LogP) is 3.47. The van der Waals surface area contributed by atoms with Gasteiger partial charge in [-0.25, -0.2) is 4.79 Å². The summed E-state index contributed by atoms with van der Waals surface area (Å²) in [6, 6.07) is 19.5.